The smallest absolute Gasteiger partial charge is 0.220 e. The first kappa shape index (κ1) is 34.4. The van der Waals surface area contributed by atoms with Crippen LogP contribution in [-0.4, -0.2) is 56.2 Å². The van der Waals surface area contributed by atoms with Gasteiger partial charge in [0.1, 0.15) is 0 Å². The topological polar surface area (TPSA) is 88.7 Å². The quantitative estimate of drug-likeness (QED) is 0.0972. The minimum absolute atomic E-state index is 0.159. The number of nitrogens with zero attached hydrogens (tertiary/aromatic N) is 3. The van der Waals surface area contributed by atoms with E-state index in [1.54, 1.807) is 0 Å². The average Bonchev–Trinajstić information content (AvgIpc) is 2.89. The Morgan fingerprint density at radius 1 is 0.639 bits per heavy atom. The molecule has 0 heterocycles. The summed E-state index contributed by atoms with van der Waals surface area (Å²) < 4.78 is 0.826. The molecule has 0 bridgehead atoms. The number of hydrogen-bond donors (Lipinski definition) is 2. The molecule has 0 radical (unpaired) electrons. The van der Waals surface area contributed by atoms with Gasteiger partial charge in [-0.25, -0.2) is 0 Å². The Morgan fingerprint density at radius 3 is 1.64 bits per heavy atom. The Morgan fingerprint density at radius 2 is 1.14 bits per heavy atom. The van der Waals surface area contributed by atoms with Gasteiger partial charge < -0.3 is 15.1 Å². The van der Waals surface area contributed by atoms with Gasteiger partial charge in [0.25, 0.3) is 0 Å². The molecule has 2 N–H and O–H groups in total. The summed E-state index contributed by atoms with van der Waals surface area (Å²) in [5.74, 6) is 0.159. The fraction of sp³-hybridized carbons (Fsp3) is 0.900. The molecule has 0 saturated carbocycles. The maximum atomic E-state index is 12.3. The highest BCUT2D eigenvalue weighted by Crippen LogP contribution is 2.14. The molecule has 0 spiro atoms. The Labute approximate surface area is 223 Å². The molecular weight excluding hydrogens is 446 g/mol. The van der Waals surface area contributed by atoms with E-state index in [1.165, 1.54) is 83.5 Å². The molecule has 0 rings (SSSR count). The molecule has 0 aromatic heterocycles. The Bertz CT molecular complexity index is 583. The van der Waals surface area contributed by atoms with Gasteiger partial charge in [-0.1, -0.05) is 96.8 Å². The standard InChI is InChI=1S/C30H57N5O/c1-3-5-6-7-8-9-10-11-12-13-14-15-16-17-18-21-30(36)34-26-29-35(4-2,27-20-23-32)28-25-33-24-19-22-31/h33H,3-21,24-29H2,1-2H3/p+1. The fourth-order valence-electron chi connectivity index (χ4n) is 4.86. The van der Waals surface area contributed by atoms with E-state index in [0.29, 0.717) is 32.4 Å². The Hall–Kier alpha value is -1.63. The monoisotopic (exact) mass is 504 g/mol. The van der Waals surface area contributed by atoms with Gasteiger partial charge in [-0.3, -0.25) is 4.79 Å². The number of likely N-dealkylation sites (N-methyl/N-ethyl adjacent to an activating group) is 1. The summed E-state index contributed by atoms with van der Waals surface area (Å²) in [6.45, 7) is 10.1. The van der Waals surface area contributed by atoms with Crippen molar-refractivity contribution in [2.75, 3.05) is 45.8 Å². The molecule has 0 aromatic rings. The lowest BCUT2D eigenvalue weighted by molar-refractivity contribution is -0.923. The third-order valence-electron chi connectivity index (χ3n) is 7.46. The summed E-state index contributed by atoms with van der Waals surface area (Å²) in [5.41, 5.74) is 0. The first-order valence-corrected chi connectivity index (χ1v) is 15.2. The van der Waals surface area contributed by atoms with Crippen molar-refractivity contribution >= 4 is 5.91 Å². The molecule has 0 fully saturated rings. The summed E-state index contributed by atoms with van der Waals surface area (Å²) >= 11 is 0. The van der Waals surface area contributed by atoms with Gasteiger partial charge in [0.2, 0.25) is 5.91 Å². The van der Waals surface area contributed by atoms with E-state index in [0.717, 1.165) is 50.0 Å². The first-order valence-electron chi connectivity index (χ1n) is 15.2. The number of nitriles is 2. The number of hydrogen-bond acceptors (Lipinski definition) is 4. The van der Waals surface area contributed by atoms with Crippen LogP contribution in [0.3, 0.4) is 0 Å². The van der Waals surface area contributed by atoms with Crippen molar-refractivity contribution in [1.29, 1.82) is 10.5 Å². The second-order valence-corrected chi connectivity index (χ2v) is 10.4. The molecular formula is C30H58N5O+. The van der Waals surface area contributed by atoms with Crippen LogP contribution >= 0.6 is 0 Å². The molecule has 0 saturated heterocycles. The normalized spacial score (nSPS) is 12.6. The Balaban J connectivity index is 3.76. The van der Waals surface area contributed by atoms with E-state index in [9.17, 15) is 4.79 Å². The zero-order valence-corrected chi connectivity index (χ0v) is 23.9. The molecule has 1 amide bonds. The molecule has 36 heavy (non-hydrogen) atoms. The van der Waals surface area contributed by atoms with Crippen molar-refractivity contribution in [3.63, 3.8) is 0 Å². The van der Waals surface area contributed by atoms with Gasteiger partial charge in [-0.05, 0) is 13.3 Å². The summed E-state index contributed by atoms with van der Waals surface area (Å²) in [7, 11) is 0. The number of carbonyl (C=O) groups excluding carboxylic acids is 1. The van der Waals surface area contributed by atoms with Crippen LogP contribution in [0.4, 0.5) is 0 Å². The van der Waals surface area contributed by atoms with Gasteiger partial charge in [0.05, 0.1) is 51.3 Å². The lowest BCUT2D eigenvalue weighted by Crippen LogP contribution is -2.55. The zero-order valence-electron chi connectivity index (χ0n) is 23.9. The van der Waals surface area contributed by atoms with Crippen molar-refractivity contribution in [3.8, 4) is 12.1 Å². The molecule has 0 aliphatic rings. The van der Waals surface area contributed by atoms with E-state index in [1.807, 2.05) is 0 Å². The highest BCUT2D eigenvalue weighted by atomic mass is 16.1. The lowest BCUT2D eigenvalue weighted by atomic mass is 10.0. The molecule has 0 aromatic carbocycles. The van der Waals surface area contributed by atoms with Crippen LogP contribution in [-0.2, 0) is 4.79 Å². The van der Waals surface area contributed by atoms with Gasteiger partial charge in [-0.2, -0.15) is 10.5 Å². The number of carbonyl (C=O) groups is 1. The summed E-state index contributed by atoms with van der Waals surface area (Å²) in [6.07, 6.45) is 21.7. The van der Waals surface area contributed by atoms with Gasteiger partial charge in [0, 0.05) is 25.9 Å². The fourth-order valence-corrected chi connectivity index (χ4v) is 4.86. The average molecular weight is 505 g/mol. The van der Waals surface area contributed by atoms with Crippen molar-refractivity contribution in [2.45, 2.75) is 129 Å². The van der Waals surface area contributed by atoms with E-state index in [2.05, 4.69) is 36.6 Å². The van der Waals surface area contributed by atoms with Gasteiger partial charge in [-0.15, -0.1) is 0 Å². The third-order valence-corrected chi connectivity index (χ3v) is 7.46. The summed E-state index contributed by atoms with van der Waals surface area (Å²) in [4.78, 5) is 12.3. The molecule has 6 nitrogen and oxygen atoms in total. The predicted octanol–water partition coefficient (Wildman–Crippen LogP) is 6.62. The number of nitrogens with one attached hydrogen (secondary N) is 2. The number of quaternary nitrogens is 1. The van der Waals surface area contributed by atoms with Crippen molar-refractivity contribution in [3.05, 3.63) is 0 Å². The number of unbranched alkanes of at least 4 members (excludes halogenated alkanes) is 14. The second-order valence-electron chi connectivity index (χ2n) is 10.4. The molecule has 208 valence electrons. The van der Waals surface area contributed by atoms with Crippen molar-refractivity contribution in [2.24, 2.45) is 0 Å². The SMILES string of the molecule is CCCCCCCCCCCCCCCCCC(=O)NCC[N+](CC)(CCC#N)CCNCCC#N. The Kier molecular flexibility index (Phi) is 25.2. The van der Waals surface area contributed by atoms with Crippen LogP contribution < -0.4 is 10.6 Å². The van der Waals surface area contributed by atoms with Crippen molar-refractivity contribution < 1.29 is 9.28 Å². The predicted molar refractivity (Wildman–Crippen MR) is 151 cm³/mol. The second kappa shape index (κ2) is 26.4. The lowest BCUT2D eigenvalue weighted by Gasteiger charge is -2.37. The molecule has 1 unspecified atom stereocenters. The first-order chi connectivity index (χ1) is 17.6. The van der Waals surface area contributed by atoms with Crippen LogP contribution in [0.25, 0.3) is 0 Å². The molecule has 1 atom stereocenters. The van der Waals surface area contributed by atoms with E-state index >= 15 is 0 Å². The van der Waals surface area contributed by atoms with Crippen LogP contribution in [0.5, 0.6) is 0 Å². The minimum Gasteiger partial charge on any atom is -0.350 e. The van der Waals surface area contributed by atoms with Crippen LogP contribution in [0, 0.1) is 22.7 Å². The van der Waals surface area contributed by atoms with Crippen LogP contribution in [0.15, 0.2) is 0 Å². The van der Waals surface area contributed by atoms with Gasteiger partial charge >= 0.3 is 0 Å². The molecule has 6 heteroatoms. The van der Waals surface area contributed by atoms with E-state index < -0.39 is 0 Å². The third kappa shape index (κ3) is 21.6. The molecule has 0 aliphatic carbocycles. The van der Waals surface area contributed by atoms with Crippen LogP contribution in [0.2, 0.25) is 0 Å². The largest absolute Gasteiger partial charge is 0.350 e. The minimum atomic E-state index is 0.159. The molecule has 0 aliphatic heterocycles. The summed E-state index contributed by atoms with van der Waals surface area (Å²) in [6, 6.07) is 4.42. The summed E-state index contributed by atoms with van der Waals surface area (Å²) in [5, 5.41) is 24.2. The van der Waals surface area contributed by atoms with Crippen LogP contribution in [0.1, 0.15) is 129 Å². The highest BCUT2D eigenvalue weighted by Gasteiger charge is 2.24. The van der Waals surface area contributed by atoms with Gasteiger partial charge in [0.15, 0.2) is 0 Å². The maximum Gasteiger partial charge on any atom is 0.220 e. The maximum absolute atomic E-state index is 12.3. The highest BCUT2D eigenvalue weighted by molar-refractivity contribution is 5.75. The van der Waals surface area contributed by atoms with E-state index in [4.69, 9.17) is 10.5 Å². The number of rotatable bonds is 27. The van der Waals surface area contributed by atoms with E-state index in [-0.39, 0.29) is 5.91 Å². The van der Waals surface area contributed by atoms with Crippen molar-refractivity contribution in [1.82, 2.24) is 10.6 Å². The zero-order chi connectivity index (χ0) is 26.6. The number of amides is 1.